The number of fused-ring (bicyclic) bond motifs is 2. The lowest BCUT2D eigenvalue weighted by Gasteiger charge is -2.00. The van der Waals surface area contributed by atoms with Gasteiger partial charge in [0, 0.05) is 46.2 Å². The van der Waals surface area contributed by atoms with E-state index in [4.69, 9.17) is 0 Å². The molecule has 0 bridgehead atoms. The van der Waals surface area contributed by atoms with Crippen LogP contribution in [0.15, 0.2) is 43.1 Å². The molecule has 0 aromatic carbocycles. The summed E-state index contributed by atoms with van der Waals surface area (Å²) in [5.41, 5.74) is 2.87. The summed E-state index contributed by atoms with van der Waals surface area (Å²) in [7, 11) is 1.87. The molecule has 5 aromatic rings. The van der Waals surface area contributed by atoms with Gasteiger partial charge in [0.1, 0.15) is 0 Å². The average molecular weight is 348 g/mol. The average Bonchev–Trinajstić information content (AvgIpc) is 3.33. The highest BCUT2D eigenvalue weighted by Crippen LogP contribution is 2.26. The molecular weight excluding hydrogens is 336 g/mol. The molecule has 0 spiro atoms. The molecule has 5 rings (SSSR count). The minimum Gasteiger partial charge on any atom is -0.275 e. The molecular formula is C16H12N8S. The number of pyridine rings is 1. The summed E-state index contributed by atoms with van der Waals surface area (Å²) in [6, 6.07) is 4.14. The second-order valence-corrected chi connectivity index (χ2v) is 6.85. The van der Waals surface area contributed by atoms with E-state index in [0.29, 0.717) is 17.8 Å². The van der Waals surface area contributed by atoms with Crippen molar-refractivity contribution < 1.29 is 0 Å². The standard InChI is InChI=1S/C16H12N8S/c1-23-8-11(6-19-23)13-7-18-15-16(20-13)24(22-21-15)9-12-4-10-5-17-3-2-14(10)25-12/h2-8H,9H2,1H3. The summed E-state index contributed by atoms with van der Waals surface area (Å²) < 4.78 is 4.72. The van der Waals surface area contributed by atoms with E-state index in [1.807, 2.05) is 25.5 Å². The molecule has 0 aliphatic heterocycles. The molecule has 5 heterocycles. The van der Waals surface area contributed by atoms with Gasteiger partial charge in [-0.15, -0.1) is 16.4 Å². The van der Waals surface area contributed by atoms with Crippen molar-refractivity contribution in [3.05, 3.63) is 48.0 Å². The second-order valence-electron chi connectivity index (χ2n) is 5.68. The van der Waals surface area contributed by atoms with Gasteiger partial charge in [-0.3, -0.25) is 9.67 Å². The van der Waals surface area contributed by atoms with E-state index in [0.717, 1.165) is 16.6 Å². The Hall–Kier alpha value is -3.20. The highest BCUT2D eigenvalue weighted by Gasteiger charge is 2.12. The fourth-order valence-electron chi connectivity index (χ4n) is 2.72. The molecule has 0 fully saturated rings. The van der Waals surface area contributed by atoms with Crippen molar-refractivity contribution >= 4 is 32.7 Å². The lowest BCUT2D eigenvalue weighted by atomic mass is 10.3. The molecule has 0 atom stereocenters. The highest BCUT2D eigenvalue weighted by atomic mass is 32.1. The quantitative estimate of drug-likeness (QED) is 0.497. The number of hydrogen-bond acceptors (Lipinski definition) is 7. The summed E-state index contributed by atoms with van der Waals surface area (Å²) in [5.74, 6) is 0. The van der Waals surface area contributed by atoms with Crippen LogP contribution >= 0.6 is 11.3 Å². The first kappa shape index (κ1) is 14.2. The maximum Gasteiger partial charge on any atom is 0.221 e. The van der Waals surface area contributed by atoms with Gasteiger partial charge >= 0.3 is 0 Å². The molecule has 5 aromatic heterocycles. The fraction of sp³-hybridized carbons (Fsp3) is 0.125. The predicted molar refractivity (Wildman–Crippen MR) is 94.0 cm³/mol. The van der Waals surface area contributed by atoms with Crippen LogP contribution in [0, 0.1) is 0 Å². The monoisotopic (exact) mass is 348 g/mol. The van der Waals surface area contributed by atoms with Crippen molar-refractivity contribution in [2.24, 2.45) is 7.05 Å². The first-order chi connectivity index (χ1) is 12.3. The van der Waals surface area contributed by atoms with Crippen LogP contribution in [-0.2, 0) is 13.6 Å². The minimum absolute atomic E-state index is 0.537. The second kappa shape index (κ2) is 5.42. The summed E-state index contributed by atoms with van der Waals surface area (Å²) in [4.78, 5) is 14.4. The molecule has 0 N–H and O–H groups in total. The molecule has 0 unspecified atom stereocenters. The van der Waals surface area contributed by atoms with Crippen molar-refractivity contribution in [1.82, 2.24) is 39.7 Å². The van der Waals surface area contributed by atoms with Gasteiger partial charge in [0.05, 0.1) is 24.6 Å². The van der Waals surface area contributed by atoms with Crippen molar-refractivity contribution in [2.45, 2.75) is 6.54 Å². The summed E-state index contributed by atoms with van der Waals surface area (Å²) in [6.07, 6.45) is 9.05. The van der Waals surface area contributed by atoms with E-state index in [9.17, 15) is 0 Å². The van der Waals surface area contributed by atoms with Crippen molar-refractivity contribution in [2.75, 3.05) is 0 Å². The molecule has 0 saturated heterocycles. The van der Waals surface area contributed by atoms with Gasteiger partial charge in [-0.05, 0) is 12.1 Å². The molecule has 122 valence electrons. The number of rotatable bonds is 3. The van der Waals surface area contributed by atoms with Crippen LogP contribution in [0.2, 0.25) is 0 Å². The largest absolute Gasteiger partial charge is 0.275 e. The Balaban J connectivity index is 1.56. The highest BCUT2D eigenvalue weighted by molar-refractivity contribution is 7.19. The van der Waals surface area contributed by atoms with E-state index in [-0.39, 0.29) is 0 Å². The lowest BCUT2D eigenvalue weighted by molar-refractivity contribution is 0.671. The zero-order valence-electron chi connectivity index (χ0n) is 13.2. The number of aromatic nitrogens is 8. The van der Waals surface area contributed by atoms with Crippen LogP contribution in [0.4, 0.5) is 0 Å². The van der Waals surface area contributed by atoms with E-state index < -0.39 is 0 Å². The summed E-state index contributed by atoms with van der Waals surface area (Å²) >= 11 is 1.72. The Kier molecular flexibility index (Phi) is 3.07. The fourth-order valence-corrected chi connectivity index (χ4v) is 3.73. The van der Waals surface area contributed by atoms with E-state index in [1.165, 1.54) is 9.58 Å². The molecule has 0 saturated carbocycles. The first-order valence-corrected chi connectivity index (χ1v) is 8.45. The Morgan fingerprint density at radius 3 is 3.00 bits per heavy atom. The molecule has 9 heteroatoms. The summed E-state index contributed by atoms with van der Waals surface area (Å²) in [5, 5.41) is 13.6. The number of hydrogen-bond donors (Lipinski definition) is 0. The Morgan fingerprint density at radius 2 is 2.16 bits per heavy atom. The number of nitrogens with zero attached hydrogens (tertiary/aromatic N) is 8. The van der Waals surface area contributed by atoms with E-state index in [2.05, 4.69) is 36.4 Å². The normalized spacial score (nSPS) is 11.6. The number of thiophene rings is 1. The van der Waals surface area contributed by atoms with Crippen LogP contribution in [-0.4, -0.2) is 39.7 Å². The van der Waals surface area contributed by atoms with Crippen molar-refractivity contribution in [1.29, 1.82) is 0 Å². The van der Waals surface area contributed by atoms with E-state index in [1.54, 1.807) is 39.3 Å². The van der Waals surface area contributed by atoms with Gasteiger partial charge in [-0.2, -0.15) is 5.10 Å². The third kappa shape index (κ3) is 2.45. The zero-order valence-corrected chi connectivity index (χ0v) is 14.1. The van der Waals surface area contributed by atoms with Crippen LogP contribution in [0.3, 0.4) is 0 Å². The van der Waals surface area contributed by atoms with Crippen LogP contribution in [0.5, 0.6) is 0 Å². The van der Waals surface area contributed by atoms with Gasteiger partial charge < -0.3 is 0 Å². The Labute approximate surface area is 145 Å². The maximum absolute atomic E-state index is 4.68. The molecule has 25 heavy (non-hydrogen) atoms. The smallest absolute Gasteiger partial charge is 0.221 e. The van der Waals surface area contributed by atoms with Gasteiger partial charge in [0.25, 0.3) is 0 Å². The molecule has 8 nitrogen and oxygen atoms in total. The van der Waals surface area contributed by atoms with Crippen LogP contribution in [0.25, 0.3) is 32.6 Å². The minimum atomic E-state index is 0.537. The Morgan fingerprint density at radius 1 is 1.20 bits per heavy atom. The van der Waals surface area contributed by atoms with Crippen LogP contribution in [0.1, 0.15) is 4.88 Å². The Bertz CT molecular complexity index is 1170. The zero-order chi connectivity index (χ0) is 16.8. The van der Waals surface area contributed by atoms with Crippen LogP contribution < -0.4 is 0 Å². The van der Waals surface area contributed by atoms with Crippen molar-refractivity contribution in [3.8, 4) is 11.3 Å². The maximum atomic E-state index is 4.68. The molecule has 0 aliphatic carbocycles. The topological polar surface area (TPSA) is 87.2 Å². The molecule has 0 radical (unpaired) electrons. The van der Waals surface area contributed by atoms with Gasteiger partial charge in [0.2, 0.25) is 5.65 Å². The molecule has 0 aliphatic rings. The third-order valence-corrected chi connectivity index (χ3v) is 5.00. The lowest BCUT2D eigenvalue weighted by Crippen LogP contribution is -2.02. The third-order valence-electron chi connectivity index (χ3n) is 3.90. The van der Waals surface area contributed by atoms with Gasteiger partial charge in [0.15, 0.2) is 5.65 Å². The molecule has 0 amide bonds. The van der Waals surface area contributed by atoms with E-state index >= 15 is 0 Å². The van der Waals surface area contributed by atoms with Crippen molar-refractivity contribution in [3.63, 3.8) is 0 Å². The van der Waals surface area contributed by atoms with Gasteiger partial charge in [-0.1, -0.05) is 5.21 Å². The predicted octanol–water partition coefficient (Wildman–Crippen LogP) is 2.28. The first-order valence-electron chi connectivity index (χ1n) is 7.64. The van der Waals surface area contributed by atoms with Gasteiger partial charge in [-0.25, -0.2) is 14.6 Å². The SMILES string of the molecule is Cn1cc(-c2cnc3nnn(Cc4cc5cnccc5s4)c3n2)cn1. The number of aryl methyl sites for hydroxylation is 1. The summed E-state index contributed by atoms with van der Waals surface area (Å²) in [6.45, 7) is 0.598.